The molecule has 0 aromatic heterocycles. The van der Waals surface area contributed by atoms with E-state index in [9.17, 15) is 9.59 Å². The van der Waals surface area contributed by atoms with Crippen LogP contribution < -0.4 is 9.47 Å². The standard InChI is InChI=1S/C14H18BrNO5/c1-4-16(6-5-12(17)18)14(19)9-7-10(20-2)13(15)11(8-9)21-3/h7-8H,4-6H2,1-3H3,(H,17,18). The topological polar surface area (TPSA) is 76.1 Å². The van der Waals surface area contributed by atoms with E-state index in [4.69, 9.17) is 14.6 Å². The molecule has 6 nitrogen and oxygen atoms in total. The monoisotopic (exact) mass is 359 g/mol. The molecule has 0 aliphatic carbocycles. The van der Waals surface area contributed by atoms with E-state index in [1.807, 2.05) is 0 Å². The van der Waals surface area contributed by atoms with Gasteiger partial charge in [0.2, 0.25) is 0 Å². The summed E-state index contributed by atoms with van der Waals surface area (Å²) in [5.41, 5.74) is 0.388. The van der Waals surface area contributed by atoms with E-state index in [0.29, 0.717) is 28.1 Å². The number of carboxylic acids is 1. The molecule has 0 aliphatic heterocycles. The zero-order valence-corrected chi connectivity index (χ0v) is 13.8. The molecule has 21 heavy (non-hydrogen) atoms. The zero-order chi connectivity index (χ0) is 16.0. The van der Waals surface area contributed by atoms with E-state index < -0.39 is 5.97 Å². The highest BCUT2D eigenvalue weighted by Gasteiger charge is 2.19. The van der Waals surface area contributed by atoms with Crippen LogP contribution in [0.5, 0.6) is 11.5 Å². The third-order valence-corrected chi connectivity index (χ3v) is 3.74. The predicted octanol–water partition coefficient (Wildman–Crippen LogP) is 2.40. The fourth-order valence-electron chi connectivity index (χ4n) is 1.81. The lowest BCUT2D eigenvalue weighted by atomic mass is 10.1. The van der Waals surface area contributed by atoms with Crippen LogP contribution in [0.2, 0.25) is 0 Å². The van der Waals surface area contributed by atoms with Gasteiger partial charge in [0.1, 0.15) is 16.0 Å². The molecule has 1 amide bonds. The van der Waals surface area contributed by atoms with Gasteiger partial charge in [0.15, 0.2) is 0 Å². The molecule has 1 aromatic carbocycles. The summed E-state index contributed by atoms with van der Waals surface area (Å²) < 4.78 is 11.0. The van der Waals surface area contributed by atoms with Gasteiger partial charge >= 0.3 is 5.97 Å². The number of nitrogens with zero attached hydrogens (tertiary/aromatic N) is 1. The Bertz CT molecular complexity index is 507. The number of rotatable bonds is 7. The van der Waals surface area contributed by atoms with Crippen LogP contribution >= 0.6 is 15.9 Å². The van der Waals surface area contributed by atoms with Crippen LogP contribution in [0.1, 0.15) is 23.7 Å². The van der Waals surface area contributed by atoms with Crippen molar-refractivity contribution in [3.63, 3.8) is 0 Å². The summed E-state index contributed by atoms with van der Waals surface area (Å²) in [5, 5.41) is 8.73. The summed E-state index contributed by atoms with van der Waals surface area (Å²) in [6, 6.07) is 3.19. The van der Waals surface area contributed by atoms with Gasteiger partial charge in [-0.25, -0.2) is 0 Å². The molecule has 0 bridgehead atoms. The smallest absolute Gasteiger partial charge is 0.305 e. The molecule has 0 radical (unpaired) electrons. The number of amides is 1. The number of hydrogen-bond donors (Lipinski definition) is 1. The van der Waals surface area contributed by atoms with Gasteiger partial charge in [-0.2, -0.15) is 0 Å². The number of carbonyl (C=O) groups is 2. The third-order valence-electron chi connectivity index (χ3n) is 2.96. The molecule has 116 valence electrons. The first-order valence-corrected chi connectivity index (χ1v) is 7.16. The Kier molecular flexibility index (Phi) is 6.48. The maximum absolute atomic E-state index is 12.4. The van der Waals surface area contributed by atoms with Gasteiger partial charge in [-0.1, -0.05) is 0 Å². The van der Waals surface area contributed by atoms with E-state index in [-0.39, 0.29) is 18.9 Å². The van der Waals surface area contributed by atoms with Crippen molar-refractivity contribution in [2.24, 2.45) is 0 Å². The van der Waals surface area contributed by atoms with Gasteiger partial charge in [0.05, 0.1) is 20.6 Å². The van der Waals surface area contributed by atoms with Crippen LogP contribution in [0.25, 0.3) is 0 Å². The highest BCUT2D eigenvalue weighted by Crippen LogP contribution is 2.35. The first-order chi connectivity index (χ1) is 9.94. The average molecular weight is 360 g/mol. The van der Waals surface area contributed by atoms with Crippen molar-refractivity contribution >= 4 is 27.8 Å². The summed E-state index contributed by atoms with van der Waals surface area (Å²) in [4.78, 5) is 24.6. The minimum absolute atomic E-state index is 0.0929. The Morgan fingerprint density at radius 2 is 1.76 bits per heavy atom. The highest BCUT2D eigenvalue weighted by molar-refractivity contribution is 9.10. The zero-order valence-electron chi connectivity index (χ0n) is 12.2. The Balaban J connectivity index is 3.07. The van der Waals surface area contributed by atoms with Gasteiger partial charge in [-0.15, -0.1) is 0 Å². The number of aliphatic carboxylic acids is 1. The Morgan fingerprint density at radius 1 is 1.24 bits per heavy atom. The van der Waals surface area contributed by atoms with Crippen molar-refractivity contribution in [3.05, 3.63) is 22.2 Å². The molecule has 0 heterocycles. The summed E-state index contributed by atoms with van der Waals surface area (Å²) >= 11 is 3.34. The van der Waals surface area contributed by atoms with Crippen molar-refractivity contribution in [3.8, 4) is 11.5 Å². The van der Waals surface area contributed by atoms with Crippen LogP contribution in [0, 0.1) is 0 Å². The molecule has 1 N–H and O–H groups in total. The summed E-state index contributed by atoms with van der Waals surface area (Å²) in [6.45, 7) is 2.38. The molecule has 1 aromatic rings. The lowest BCUT2D eigenvalue weighted by Crippen LogP contribution is -2.32. The lowest BCUT2D eigenvalue weighted by molar-refractivity contribution is -0.137. The molecule has 0 fully saturated rings. The molecule has 0 aliphatic rings. The van der Waals surface area contributed by atoms with Crippen LogP contribution in [0.3, 0.4) is 0 Å². The minimum Gasteiger partial charge on any atom is -0.495 e. The number of carbonyl (C=O) groups excluding carboxylic acids is 1. The third kappa shape index (κ3) is 4.35. The van der Waals surface area contributed by atoms with Crippen molar-refractivity contribution in [1.82, 2.24) is 4.90 Å². The van der Waals surface area contributed by atoms with Crippen LogP contribution in [0.15, 0.2) is 16.6 Å². The number of ether oxygens (including phenoxy) is 2. The van der Waals surface area contributed by atoms with E-state index in [2.05, 4.69) is 15.9 Å². The number of halogens is 1. The summed E-state index contributed by atoms with van der Waals surface area (Å²) in [7, 11) is 2.99. The van der Waals surface area contributed by atoms with Crippen LogP contribution in [-0.4, -0.2) is 49.2 Å². The first-order valence-electron chi connectivity index (χ1n) is 6.37. The highest BCUT2D eigenvalue weighted by atomic mass is 79.9. The lowest BCUT2D eigenvalue weighted by Gasteiger charge is -2.21. The Morgan fingerprint density at radius 3 is 2.14 bits per heavy atom. The molecular weight excluding hydrogens is 342 g/mol. The maximum atomic E-state index is 12.4. The Labute approximate surface area is 131 Å². The van der Waals surface area contributed by atoms with E-state index in [0.717, 1.165) is 0 Å². The molecule has 0 atom stereocenters. The SMILES string of the molecule is CCN(CCC(=O)O)C(=O)c1cc(OC)c(Br)c(OC)c1. The molecule has 0 unspecified atom stereocenters. The van der Waals surface area contributed by atoms with Crippen molar-refractivity contribution in [2.45, 2.75) is 13.3 Å². The predicted molar refractivity (Wildman–Crippen MR) is 81.1 cm³/mol. The second-order valence-electron chi connectivity index (χ2n) is 4.22. The molecule has 7 heteroatoms. The van der Waals surface area contributed by atoms with Gasteiger partial charge in [0.25, 0.3) is 5.91 Å². The second-order valence-corrected chi connectivity index (χ2v) is 5.02. The van der Waals surface area contributed by atoms with E-state index in [1.54, 1.807) is 19.1 Å². The Hall–Kier alpha value is -1.76. The van der Waals surface area contributed by atoms with Gasteiger partial charge < -0.3 is 19.5 Å². The molecule has 0 saturated carbocycles. The largest absolute Gasteiger partial charge is 0.495 e. The van der Waals surface area contributed by atoms with E-state index >= 15 is 0 Å². The number of benzene rings is 1. The number of methoxy groups -OCH3 is 2. The average Bonchev–Trinajstić information content (AvgIpc) is 2.47. The number of hydrogen-bond acceptors (Lipinski definition) is 4. The minimum atomic E-state index is -0.938. The fraction of sp³-hybridized carbons (Fsp3) is 0.429. The van der Waals surface area contributed by atoms with Crippen molar-refractivity contribution in [2.75, 3.05) is 27.3 Å². The number of carboxylic acid groups (broad SMARTS) is 1. The van der Waals surface area contributed by atoms with Crippen molar-refractivity contribution < 1.29 is 24.2 Å². The first kappa shape index (κ1) is 17.3. The van der Waals surface area contributed by atoms with E-state index in [1.165, 1.54) is 19.1 Å². The summed E-state index contributed by atoms with van der Waals surface area (Å²) in [6.07, 6.45) is -0.0929. The van der Waals surface area contributed by atoms with Gasteiger partial charge in [-0.3, -0.25) is 9.59 Å². The molecule has 1 rings (SSSR count). The van der Waals surface area contributed by atoms with Crippen molar-refractivity contribution in [1.29, 1.82) is 0 Å². The fourth-order valence-corrected chi connectivity index (χ4v) is 2.36. The normalized spacial score (nSPS) is 10.1. The quantitative estimate of drug-likeness (QED) is 0.808. The van der Waals surface area contributed by atoms with Crippen LogP contribution in [0.4, 0.5) is 0 Å². The molecule has 0 spiro atoms. The molecule has 0 saturated heterocycles. The second kappa shape index (κ2) is 7.87. The summed E-state index contributed by atoms with van der Waals surface area (Å²) in [5.74, 6) is -0.242. The maximum Gasteiger partial charge on any atom is 0.305 e. The molecular formula is C14H18BrNO5. The van der Waals surface area contributed by atoms with Gasteiger partial charge in [0, 0.05) is 18.7 Å². The van der Waals surface area contributed by atoms with Crippen LogP contribution in [-0.2, 0) is 4.79 Å². The van der Waals surface area contributed by atoms with Gasteiger partial charge in [-0.05, 0) is 35.0 Å².